The molecule has 0 radical (unpaired) electrons. The van der Waals surface area contributed by atoms with E-state index in [-0.39, 0.29) is 5.78 Å². The number of anilines is 1. The highest BCUT2D eigenvalue weighted by molar-refractivity contribution is 5.75. The van der Waals surface area contributed by atoms with Crippen LogP contribution in [0.3, 0.4) is 0 Å². The molecule has 0 bridgehead atoms. The average Bonchev–Trinajstić information content (AvgIpc) is 2.17. The van der Waals surface area contributed by atoms with Crippen LogP contribution in [0.4, 0.5) is 5.69 Å². The minimum Gasteiger partial charge on any atom is -0.385 e. The highest BCUT2D eigenvalue weighted by atomic mass is 16.1. The number of hydrogen-bond acceptors (Lipinski definition) is 2. The summed E-state index contributed by atoms with van der Waals surface area (Å²) in [5, 5.41) is 3.23. The molecule has 0 atom stereocenters. The molecule has 0 saturated heterocycles. The van der Waals surface area contributed by atoms with Crippen LogP contribution in [0, 0.1) is 0 Å². The first kappa shape index (κ1) is 10.8. The monoisotopic (exact) mass is 191 g/mol. The van der Waals surface area contributed by atoms with Crippen molar-refractivity contribution in [2.45, 2.75) is 26.7 Å². The van der Waals surface area contributed by atoms with Crippen LogP contribution in [0.1, 0.15) is 25.8 Å². The SMILES string of the molecule is CCNc1ccc(CCC(C)=O)cc1. The summed E-state index contributed by atoms with van der Waals surface area (Å²) in [6.45, 7) is 4.64. The standard InChI is InChI=1S/C12H17NO/c1-3-13-12-8-6-11(7-9-12)5-4-10(2)14/h6-9,13H,3-5H2,1-2H3. The first-order valence-corrected chi connectivity index (χ1v) is 5.04. The van der Waals surface area contributed by atoms with Gasteiger partial charge in [-0.25, -0.2) is 0 Å². The molecule has 0 fully saturated rings. The zero-order chi connectivity index (χ0) is 10.4. The second kappa shape index (κ2) is 5.43. The number of Topliss-reactive ketones (excluding diaryl/α,β-unsaturated/α-hetero) is 1. The van der Waals surface area contributed by atoms with Crippen molar-refractivity contribution < 1.29 is 4.79 Å². The number of aryl methyl sites for hydroxylation is 1. The largest absolute Gasteiger partial charge is 0.385 e. The third-order valence-electron chi connectivity index (χ3n) is 2.10. The number of rotatable bonds is 5. The molecule has 1 N–H and O–H groups in total. The fourth-order valence-corrected chi connectivity index (χ4v) is 1.31. The van der Waals surface area contributed by atoms with Gasteiger partial charge in [-0.1, -0.05) is 12.1 Å². The zero-order valence-electron chi connectivity index (χ0n) is 8.84. The highest BCUT2D eigenvalue weighted by Crippen LogP contribution is 2.10. The van der Waals surface area contributed by atoms with Gasteiger partial charge in [0.1, 0.15) is 5.78 Å². The Balaban J connectivity index is 2.50. The van der Waals surface area contributed by atoms with Crippen LogP contribution in [0.5, 0.6) is 0 Å². The van der Waals surface area contributed by atoms with Gasteiger partial charge in [0.05, 0.1) is 0 Å². The van der Waals surface area contributed by atoms with Crippen molar-refractivity contribution in [3.8, 4) is 0 Å². The van der Waals surface area contributed by atoms with E-state index in [0.717, 1.165) is 18.7 Å². The first-order valence-electron chi connectivity index (χ1n) is 5.04. The summed E-state index contributed by atoms with van der Waals surface area (Å²) in [5.41, 5.74) is 2.36. The molecule has 0 aromatic heterocycles. The van der Waals surface area contributed by atoms with E-state index in [9.17, 15) is 4.79 Å². The predicted molar refractivity (Wildman–Crippen MR) is 59.6 cm³/mol. The van der Waals surface area contributed by atoms with E-state index in [0.29, 0.717) is 6.42 Å². The third kappa shape index (κ3) is 3.60. The second-order valence-electron chi connectivity index (χ2n) is 3.43. The Morgan fingerprint density at radius 2 is 1.93 bits per heavy atom. The van der Waals surface area contributed by atoms with Crippen molar-refractivity contribution in [2.24, 2.45) is 0 Å². The highest BCUT2D eigenvalue weighted by Gasteiger charge is 1.96. The molecule has 2 heteroatoms. The molecule has 2 nitrogen and oxygen atoms in total. The van der Waals surface area contributed by atoms with Gasteiger partial charge in [0.25, 0.3) is 0 Å². The van der Waals surface area contributed by atoms with Crippen LogP contribution in [0.2, 0.25) is 0 Å². The normalized spacial score (nSPS) is 9.86. The van der Waals surface area contributed by atoms with E-state index in [4.69, 9.17) is 0 Å². The molecule has 0 saturated carbocycles. The second-order valence-corrected chi connectivity index (χ2v) is 3.43. The van der Waals surface area contributed by atoms with Crippen molar-refractivity contribution in [1.29, 1.82) is 0 Å². The Morgan fingerprint density at radius 3 is 2.43 bits per heavy atom. The quantitative estimate of drug-likeness (QED) is 0.775. The molecule has 0 amide bonds. The third-order valence-corrected chi connectivity index (χ3v) is 2.10. The maximum atomic E-state index is 10.8. The summed E-state index contributed by atoms with van der Waals surface area (Å²) in [4.78, 5) is 10.8. The van der Waals surface area contributed by atoms with Gasteiger partial charge in [0.15, 0.2) is 0 Å². The van der Waals surface area contributed by atoms with Crippen LogP contribution in [0.15, 0.2) is 24.3 Å². The molecule has 0 aliphatic heterocycles. The molecule has 76 valence electrons. The minimum absolute atomic E-state index is 0.251. The van der Waals surface area contributed by atoms with Crippen LogP contribution in [-0.4, -0.2) is 12.3 Å². The van der Waals surface area contributed by atoms with Gasteiger partial charge < -0.3 is 10.1 Å². The number of benzene rings is 1. The topological polar surface area (TPSA) is 29.1 Å². The van der Waals surface area contributed by atoms with Crippen molar-refractivity contribution in [2.75, 3.05) is 11.9 Å². The summed E-state index contributed by atoms with van der Waals surface area (Å²) < 4.78 is 0. The van der Waals surface area contributed by atoms with Gasteiger partial charge in [-0.05, 0) is 38.0 Å². The molecule has 1 rings (SSSR count). The van der Waals surface area contributed by atoms with E-state index in [1.807, 2.05) is 0 Å². The van der Waals surface area contributed by atoms with Crippen LogP contribution < -0.4 is 5.32 Å². The van der Waals surface area contributed by atoms with Crippen LogP contribution in [-0.2, 0) is 11.2 Å². The fourth-order valence-electron chi connectivity index (χ4n) is 1.31. The smallest absolute Gasteiger partial charge is 0.130 e. The predicted octanol–water partition coefficient (Wildman–Crippen LogP) is 2.64. The Hall–Kier alpha value is -1.31. The molecule has 0 unspecified atom stereocenters. The number of nitrogens with one attached hydrogen (secondary N) is 1. The van der Waals surface area contributed by atoms with Gasteiger partial charge in [-0.2, -0.15) is 0 Å². The summed E-state index contributed by atoms with van der Waals surface area (Å²) in [6, 6.07) is 8.25. The maximum absolute atomic E-state index is 10.8. The van der Waals surface area contributed by atoms with Gasteiger partial charge in [-0.3, -0.25) is 0 Å². The summed E-state index contributed by atoms with van der Waals surface area (Å²) in [6.07, 6.45) is 1.49. The Kier molecular flexibility index (Phi) is 4.17. The van der Waals surface area contributed by atoms with Crippen molar-refractivity contribution in [1.82, 2.24) is 0 Å². The number of carbonyl (C=O) groups is 1. The van der Waals surface area contributed by atoms with Crippen LogP contribution >= 0.6 is 0 Å². The summed E-state index contributed by atoms with van der Waals surface area (Å²) in [5.74, 6) is 0.251. The van der Waals surface area contributed by atoms with Gasteiger partial charge in [0, 0.05) is 18.7 Å². The molecule has 1 aromatic rings. The van der Waals surface area contributed by atoms with E-state index < -0.39 is 0 Å². The van der Waals surface area contributed by atoms with Gasteiger partial charge in [0.2, 0.25) is 0 Å². The van der Waals surface area contributed by atoms with Gasteiger partial charge in [-0.15, -0.1) is 0 Å². The Bertz CT molecular complexity index is 290. The molecule has 0 aliphatic rings. The van der Waals surface area contributed by atoms with Gasteiger partial charge >= 0.3 is 0 Å². The van der Waals surface area contributed by atoms with E-state index >= 15 is 0 Å². The Morgan fingerprint density at radius 1 is 1.29 bits per heavy atom. The van der Waals surface area contributed by atoms with E-state index in [2.05, 4.69) is 36.5 Å². The molecule has 14 heavy (non-hydrogen) atoms. The molecule has 0 spiro atoms. The number of hydrogen-bond donors (Lipinski definition) is 1. The first-order chi connectivity index (χ1) is 6.72. The molecular formula is C12H17NO. The lowest BCUT2D eigenvalue weighted by Gasteiger charge is -2.04. The maximum Gasteiger partial charge on any atom is 0.130 e. The zero-order valence-corrected chi connectivity index (χ0v) is 8.84. The molecule has 0 aliphatic carbocycles. The lowest BCUT2D eigenvalue weighted by molar-refractivity contribution is -0.116. The van der Waals surface area contributed by atoms with Crippen molar-refractivity contribution in [3.05, 3.63) is 29.8 Å². The fraction of sp³-hybridized carbons (Fsp3) is 0.417. The molecule has 1 aromatic carbocycles. The average molecular weight is 191 g/mol. The number of ketones is 1. The lowest BCUT2D eigenvalue weighted by atomic mass is 10.1. The van der Waals surface area contributed by atoms with E-state index in [1.54, 1.807) is 6.92 Å². The lowest BCUT2D eigenvalue weighted by Crippen LogP contribution is -1.97. The van der Waals surface area contributed by atoms with Crippen LogP contribution in [0.25, 0.3) is 0 Å². The molecule has 0 heterocycles. The number of carbonyl (C=O) groups excluding carboxylic acids is 1. The van der Waals surface area contributed by atoms with E-state index in [1.165, 1.54) is 5.56 Å². The Labute approximate surface area is 85.3 Å². The minimum atomic E-state index is 0.251. The summed E-state index contributed by atoms with van der Waals surface area (Å²) >= 11 is 0. The molecular weight excluding hydrogens is 174 g/mol. The van der Waals surface area contributed by atoms with Crippen molar-refractivity contribution in [3.63, 3.8) is 0 Å². The van der Waals surface area contributed by atoms with Crippen molar-refractivity contribution >= 4 is 11.5 Å². The summed E-state index contributed by atoms with van der Waals surface area (Å²) in [7, 11) is 0.